The first-order chi connectivity index (χ1) is 13.8. The number of carbonyl (C=O) groups is 3. The van der Waals surface area contributed by atoms with Crippen molar-refractivity contribution < 1.29 is 28.6 Å². The van der Waals surface area contributed by atoms with E-state index in [1.165, 1.54) is 14.2 Å². The zero-order valence-electron chi connectivity index (χ0n) is 17.0. The Labute approximate surface area is 170 Å². The fraction of sp³-hybridized carbons (Fsp3) is 0.318. The lowest BCUT2D eigenvalue weighted by Crippen LogP contribution is -2.21. The van der Waals surface area contributed by atoms with E-state index >= 15 is 0 Å². The van der Waals surface area contributed by atoms with E-state index in [1.54, 1.807) is 30.3 Å². The summed E-state index contributed by atoms with van der Waals surface area (Å²) < 4.78 is 15.2. The molecule has 2 aromatic rings. The Bertz CT molecular complexity index is 906. The summed E-state index contributed by atoms with van der Waals surface area (Å²) in [6.07, 6.45) is -0.0615. The van der Waals surface area contributed by atoms with Crippen LogP contribution in [0.15, 0.2) is 36.4 Å². The molecule has 0 aliphatic rings. The Kier molecular flexibility index (Phi) is 7.77. The molecular weight excluding hydrogens is 374 g/mol. The fourth-order valence-electron chi connectivity index (χ4n) is 2.60. The van der Waals surface area contributed by atoms with Gasteiger partial charge in [-0.2, -0.15) is 0 Å². The minimum atomic E-state index is -0.607. The molecule has 0 heterocycles. The molecule has 0 aromatic heterocycles. The largest absolute Gasteiger partial charge is 0.493 e. The molecule has 0 saturated carbocycles. The van der Waals surface area contributed by atoms with Gasteiger partial charge in [-0.3, -0.25) is 14.4 Å². The molecule has 0 spiro atoms. The first-order valence-electron chi connectivity index (χ1n) is 9.12. The summed E-state index contributed by atoms with van der Waals surface area (Å²) in [7, 11) is 3.00. The van der Waals surface area contributed by atoms with E-state index in [0.717, 1.165) is 11.1 Å². The molecule has 1 N–H and O–H groups in total. The van der Waals surface area contributed by atoms with Gasteiger partial charge >= 0.3 is 5.97 Å². The number of nitrogens with one attached hydrogen (secondary N) is 1. The van der Waals surface area contributed by atoms with E-state index in [-0.39, 0.29) is 18.6 Å². The second-order valence-corrected chi connectivity index (χ2v) is 6.50. The molecule has 0 aliphatic heterocycles. The molecule has 29 heavy (non-hydrogen) atoms. The molecule has 0 unspecified atom stereocenters. The van der Waals surface area contributed by atoms with Crippen LogP contribution in [0.5, 0.6) is 11.5 Å². The number of methoxy groups -OCH3 is 2. The van der Waals surface area contributed by atoms with Gasteiger partial charge in [0.15, 0.2) is 23.9 Å². The zero-order valence-corrected chi connectivity index (χ0v) is 17.0. The number of benzene rings is 2. The van der Waals surface area contributed by atoms with E-state index in [4.69, 9.17) is 14.2 Å². The maximum Gasteiger partial charge on any atom is 0.306 e. The van der Waals surface area contributed by atoms with Crippen molar-refractivity contribution in [3.8, 4) is 11.5 Å². The summed E-state index contributed by atoms with van der Waals surface area (Å²) in [6.45, 7) is 3.45. The maximum atomic E-state index is 12.2. The van der Waals surface area contributed by atoms with Crippen LogP contribution in [-0.4, -0.2) is 38.5 Å². The molecule has 7 heteroatoms. The molecule has 154 valence electrons. The lowest BCUT2D eigenvalue weighted by molar-refractivity contribution is -0.147. The van der Waals surface area contributed by atoms with E-state index in [1.807, 2.05) is 19.9 Å². The molecule has 0 bridgehead atoms. The third-order valence-corrected chi connectivity index (χ3v) is 4.42. The van der Waals surface area contributed by atoms with E-state index in [9.17, 15) is 14.4 Å². The highest BCUT2D eigenvalue weighted by Gasteiger charge is 2.13. The Morgan fingerprint density at radius 1 is 0.862 bits per heavy atom. The molecule has 0 fully saturated rings. The van der Waals surface area contributed by atoms with Crippen molar-refractivity contribution in [3.63, 3.8) is 0 Å². The second kappa shape index (κ2) is 10.3. The van der Waals surface area contributed by atoms with Crippen LogP contribution < -0.4 is 14.8 Å². The van der Waals surface area contributed by atoms with Crippen LogP contribution in [0.1, 0.15) is 34.3 Å². The standard InChI is InChI=1S/C22H25NO6/c1-14-5-6-16(11-15(14)2)18(24)8-10-22(26)29-13-21(25)23-17-7-9-19(27-3)20(12-17)28-4/h5-7,9,11-12H,8,10,13H2,1-4H3,(H,23,25). The van der Waals surface area contributed by atoms with Crippen molar-refractivity contribution >= 4 is 23.3 Å². The third kappa shape index (κ3) is 6.34. The van der Waals surface area contributed by atoms with Crippen LogP contribution in [0.25, 0.3) is 0 Å². The summed E-state index contributed by atoms with van der Waals surface area (Å²) in [5.41, 5.74) is 3.16. The summed E-state index contributed by atoms with van der Waals surface area (Å²) in [5, 5.41) is 2.61. The second-order valence-electron chi connectivity index (χ2n) is 6.50. The predicted molar refractivity (Wildman–Crippen MR) is 109 cm³/mol. The first-order valence-corrected chi connectivity index (χ1v) is 9.12. The third-order valence-electron chi connectivity index (χ3n) is 4.42. The van der Waals surface area contributed by atoms with Gasteiger partial charge in [-0.25, -0.2) is 0 Å². The molecule has 0 radical (unpaired) electrons. The van der Waals surface area contributed by atoms with Crippen molar-refractivity contribution in [2.45, 2.75) is 26.7 Å². The number of aryl methyl sites for hydroxylation is 2. The van der Waals surface area contributed by atoms with Gasteiger partial charge < -0.3 is 19.5 Å². The van der Waals surface area contributed by atoms with Gasteiger partial charge in [0.2, 0.25) is 0 Å². The average Bonchev–Trinajstić information content (AvgIpc) is 2.72. The van der Waals surface area contributed by atoms with Crippen molar-refractivity contribution in [1.82, 2.24) is 0 Å². The number of ether oxygens (including phenoxy) is 3. The Hall–Kier alpha value is -3.35. The van der Waals surface area contributed by atoms with Crippen molar-refractivity contribution in [2.75, 3.05) is 26.1 Å². The van der Waals surface area contributed by atoms with Crippen molar-refractivity contribution in [1.29, 1.82) is 0 Å². The van der Waals surface area contributed by atoms with Gasteiger partial charge in [-0.1, -0.05) is 12.1 Å². The average molecular weight is 399 g/mol. The molecule has 0 atom stereocenters. The van der Waals surface area contributed by atoms with Crippen LogP contribution in [-0.2, 0) is 14.3 Å². The van der Waals surface area contributed by atoms with E-state index < -0.39 is 18.5 Å². The number of Topliss-reactive ketones (excluding diaryl/α,β-unsaturated/α-hetero) is 1. The molecule has 2 rings (SSSR count). The SMILES string of the molecule is COc1ccc(NC(=O)COC(=O)CCC(=O)c2ccc(C)c(C)c2)cc1OC. The topological polar surface area (TPSA) is 90.9 Å². The van der Waals surface area contributed by atoms with Crippen LogP contribution in [0.2, 0.25) is 0 Å². The van der Waals surface area contributed by atoms with Gasteiger partial charge in [0.1, 0.15) is 0 Å². The number of amides is 1. The summed E-state index contributed by atoms with van der Waals surface area (Å²) in [5.74, 6) is -0.243. The minimum Gasteiger partial charge on any atom is -0.493 e. The predicted octanol–water partition coefficient (Wildman–Crippen LogP) is 3.47. The van der Waals surface area contributed by atoms with Gasteiger partial charge in [0.05, 0.1) is 20.6 Å². The minimum absolute atomic E-state index is 0.0264. The van der Waals surface area contributed by atoms with E-state index in [0.29, 0.717) is 22.7 Å². The molecule has 7 nitrogen and oxygen atoms in total. The lowest BCUT2D eigenvalue weighted by Gasteiger charge is -2.11. The van der Waals surface area contributed by atoms with Gasteiger partial charge in [0.25, 0.3) is 5.91 Å². The molecule has 2 aromatic carbocycles. The van der Waals surface area contributed by atoms with Crippen LogP contribution in [0.3, 0.4) is 0 Å². The summed E-state index contributed by atoms with van der Waals surface area (Å²) in [4.78, 5) is 36.0. The summed E-state index contributed by atoms with van der Waals surface area (Å²) >= 11 is 0. The lowest BCUT2D eigenvalue weighted by atomic mass is 10.0. The number of carbonyl (C=O) groups excluding carboxylic acids is 3. The van der Waals surface area contributed by atoms with Gasteiger partial charge in [-0.15, -0.1) is 0 Å². The zero-order chi connectivity index (χ0) is 21.4. The highest BCUT2D eigenvalue weighted by Crippen LogP contribution is 2.29. The normalized spacial score (nSPS) is 10.2. The molecular formula is C22H25NO6. The Balaban J connectivity index is 1.79. The molecule has 1 amide bonds. The van der Waals surface area contributed by atoms with Gasteiger partial charge in [0, 0.05) is 23.7 Å². The van der Waals surface area contributed by atoms with Crippen LogP contribution in [0, 0.1) is 13.8 Å². The van der Waals surface area contributed by atoms with Crippen LogP contribution in [0.4, 0.5) is 5.69 Å². The van der Waals surface area contributed by atoms with Crippen LogP contribution >= 0.6 is 0 Å². The maximum absolute atomic E-state index is 12.2. The number of esters is 1. The number of ketones is 1. The molecule has 0 aliphatic carbocycles. The number of anilines is 1. The highest BCUT2D eigenvalue weighted by atomic mass is 16.5. The first kappa shape index (κ1) is 21.9. The summed E-state index contributed by atoms with van der Waals surface area (Å²) in [6, 6.07) is 10.3. The quantitative estimate of drug-likeness (QED) is 0.513. The number of rotatable bonds is 9. The monoisotopic (exact) mass is 399 g/mol. The van der Waals surface area contributed by atoms with Crippen molar-refractivity contribution in [3.05, 3.63) is 53.1 Å². The van der Waals surface area contributed by atoms with Crippen molar-refractivity contribution in [2.24, 2.45) is 0 Å². The fourth-order valence-corrected chi connectivity index (χ4v) is 2.60. The smallest absolute Gasteiger partial charge is 0.306 e. The number of hydrogen-bond donors (Lipinski definition) is 1. The molecule has 0 saturated heterocycles. The van der Waals surface area contributed by atoms with E-state index in [2.05, 4.69) is 5.32 Å². The number of hydrogen-bond acceptors (Lipinski definition) is 6. The Morgan fingerprint density at radius 2 is 1.59 bits per heavy atom. The highest BCUT2D eigenvalue weighted by molar-refractivity contribution is 5.98. The Morgan fingerprint density at radius 3 is 2.24 bits per heavy atom. The van der Waals surface area contributed by atoms with Gasteiger partial charge in [-0.05, 0) is 43.2 Å².